The number of nitrogens with one attached hydrogen (secondary N) is 2. The van der Waals surface area contributed by atoms with Crippen LogP contribution in [0.15, 0.2) is 59.4 Å². The standard InChI is InChI=1S/C22H19F3N4O3/c1-3-26-20(31)14-7-9-16(10-8-14)27-21(32)19-18(30)11-13(2)29(28-19)17-6-4-5-15(12-17)22(23,24)25/h4-12H,3H2,1-2H3,(H,26,31)(H,27,32). The number of carbonyl (C=O) groups excluding carboxylic acids is 2. The smallest absolute Gasteiger partial charge is 0.352 e. The van der Waals surface area contributed by atoms with Crippen LogP contribution in [0.1, 0.15) is 39.0 Å². The maximum atomic E-state index is 13.1. The summed E-state index contributed by atoms with van der Waals surface area (Å²) in [5.74, 6) is -1.10. The van der Waals surface area contributed by atoms with Crippen LogP contribution in [0.5, 0.6) is 0 Å². The Morgan fingerprint density at radius 1 is 1.03 bits per heavy atom. The van der Waals surface area contributed by atoms with Gasteiger partial charge in [-0.3, -0.25) is 14.4 Å². The molecule has 0 aliphatic heterocycles. The minimum absolute atomic E-state index is 0.0534. The number of carbonyl (C=O) groups is 2. The van der Waals surface area contributed by atoms with Gasteiger partial charge < -0.3 is 10.6 Å². The van der Waals surface area contributed by atoms with Gasteiger partial charge in [-0.1, -0.05) is 6.07 Å². The second-order valence-corrected chi connectivity index (χ2v) is 6.85. The zero-order chi connectivity index (χ0) is 23.5. The zero-order valence-corrected chi connectivity index (χ0v) is 17.2. The highest BCUT2D eigenvalue weighted by molar-refractivity contribution is 6.03. The Kier molecular flexibility index (Phi) is 6.42. The van der Waals surface area contributed by atoms with Gasteiger partial charge in [0, 0.05) is 29.6 Å². The van der Waals surface area contributed by atoms with Crippen LogP contribution >= 0.6 is 0 Å². The summed E-state index contributed by atoms with van der Waals surface area (Å²) in [6, 6.07) is 11.5. The monoisotopic (exact) mass is 444 g/mol. The van der Waals surface area contributed by atoms with Gasteiger partial charge in [0.15, 0.2) is 5.69 Å². The predicted molar refractivity (Wildman–Crippen MR) is 112 cm³/mol. The van der Waals surface area contributed by atoms with Gasteiger partial charge in [-0.2, -0.15) is 18.3 Å². The molecule has 1 heterocycles. The fourth-order valence-corrected chi connectivity index (χ4v) is 2.94. The molecule has 0 saturated heterocycles. The zero-order valence-electron chi connectivity index (χ0n) is 17.2. The minimum atomic E-state index is -4.55. The number of alkyl halides is 3. The van der Waals surface area contributed by atoms with Gasteiger partial charge >= 0.3 is 6.18 Å². The number of benzene rings is 2. The van der Waals surface area contributed by atoms with Crippen LogP contribution in [0.2, 0.25) is 0 Å². The number of hydrogen-bond acceptors (Lipinski definition) is 4. The van der Waals surface area contributed by atoms with Crippen molar-refractivity contribution in [2.24, 2.45) is 0 Å². The first-order valence-corrected chi connectivity index (χ1v) is 9.58. The molecule has 0 radical (unpaired) electrons. The molecule has 0 atom stereocenters. The second kappa shape index (κ2) is 9.04. The van der Waals surface area contributed by atoms with Crippen LogP contribution < -0.4 is 16.1 Å². The lowest BCUT2D eigenvalue weighted by Gasteiger charge is -2.13. The molecule has 10 heteroatoms. The fraction of sp³-hybridized carbons (Fsp3) is 0.182. The van der Waals surface area contributed by atoms with Crippen molar-refractivity contribution in [2.45, 2.75) is 20.0 Å². The SMILES string of the molecule is CCNC(=O)c1ccc(NC(=O)c2nn(-c3cccc(C(F)(F)F)c3)c(C)cc2=O)cc1. The van der Waals surface area contributed by atoms with Crippen molar-refractivity contribution in [2.75, 3.05) is 11.9 Å². The maximum absolute atomic E-state index is 13.1. The third-order valence-corrected chi connectivity index (χ3v) is 4.48. The van der Waals surface area contributed by atoms with E-state index in [1.54, 1.807) is 6.92 Å². The summed E-state index contributed by atoms with van der Waals surface area (Å²) >= 11 is 0. The number of nitrogens with zero attached hydrogens (tertiary/aromatic N) is 2. The molecule has 7 nitrogen and oxygen atoms in total. The van der Waals surface area contributed by atoms with E-state index >= 15 is 0 Å². The quantitative estimate of drug-likeness (QED) is 0.629. The molecule has 2 aromatic carbocycles. The number of amides is 2. The van der Waals surface area contributed by atoms with Gasteiger partial charge in [0.25, 0.3) is 11.8 Å². The van der Waals surface area contributed by atoms with E-state index in [4.69, 9.17) is 0 Å². The Morgan fingerprint density at radius 2 is 1.72 bits per heavy atom. The van der Waals surface area contributed by atoms with E-state index in [1.165, 1.54) is 43.3 Å². The molecule has 0 aliphatic rings. The van der Waals surface area contributed by atoms with Crippen LogP contribution in [0, 0.1) is 6.92 Å². The van der Waals surface area contributed by atoms with E-state index in [2.05, 4.69) is 15.7 Å². The molecule has 166 valence electrons. The van der Waals surface area contributed by atoms with Crippen molar-refractivity contribution in [1.29, 1.82) is 0 Å². The Balaban J connectivity index is 1.90. The predicted octanol–water partition coefficient (Wildman–Crippen LogP) is 3.56. The third-order valence-electron chi connectivity index (χ3n) is 4.48. The lowest BCUT2D eigenvalue weighted by atomic mass is 10.2. The summed E-state index contributed by atoms with van der Waals surface area (Å²) < 4.78 is 40.3. The third kappa shape index (κ3) is 5.02. The number of aromatic nitrogens is 2. The van der Waals surface area contributed by atoms with Gasteiger partial charge in [0.05, 0.1) is 11.3 Å². The van der Waals surface area contributed by atoms with Crippen LogP contribution in [-0.4, -0.2) is 28.1 Å². The molecule has 1 aromatic heterocycles. The van der Waals surface area contributed by atoms with Crippen LogP contribution in [0.3, 0.4) is 0 Å². The first-order valence-electron chi connectivity index (χ1n) is 9.58. The maximum Gasteiger partial charge on any atom is 0.416 e. The first-order chi connectivity index (χ1) is 15.1. The van der Waals surface area contributed by atoms with E-state index in [0.29, 0.717) is 17.8 Å². The van der Waals surface area contributed by atoms with Crippen molar-refractivity contribution in [3.05, 3.63) is 87.3 Å². The fourth-order valence-electron chi connectivity index (χ4n) is 2.94. The summed E-state index contributed by atoms with van der Waals surface area (Å²) in [7, 11) is 0. The molecule has 2 N–H and O–H groups in total. The van der Waals surface area contributed by atoms with E-state index in [0.717, 1.165) is 22.9 Å². The van der Waals surface area contributed by atoms with Gasteiger partial charge in [-0.25, -0.2) is 4.68 Å². The normalized spacial score (nSPS) is 11.2. The lowest BCUT2D eigenvalue weighted by Crippen LogP contribution is -2.27. The summed E-state index contributed by atoms with van der Waals surface area (Å²) in [6.07, 6.45) is -4.55. The van der Waals surface area contributed by atoms with Crippen molar-refractivity contribution >= 4 is 17.5 Å². The second-order valence-electron chi connectivity index (χ2n) is 6.85. The van der Waals surface area contributed by atoms with E-state index in [-0.39, 0.29) is 17.3 Å². The average molecular weight is 444 g/mol. The first kappa shape index (κ1) is 22.7. The van der Waals surface area contributed by atoms with Crippen LogP contribution in [0.25, 0.3) is 5.69 Å². The Morgan fingerprint density at radius 3 is 2.34 bits per heavy atom. The number of aryl methyl sites for hydroxylation is 1. The largest absolute Gasteiger partial charge is 0.416 e. The van der Waals surface area contributed by atoms with Gasteiger partial charge in [0.1, 0.15) is 0 Å². The number of hydrogen-bond donors (Lipinski definition) is 2. The summed E-state index contributed by atoms with van der Waals surface area (Å²) in [5, 5.41) is 9.14. The minimum Gasteiger partial charge on any atom is -0.352 e. The Bertz CT molecular complexity index is 1220. The van der Waals surface area contributed by atoms with E-state index in [9.17, 15) is 27.6 Å². The highest BCUT2D eigenvalue weighted by Gasteiger charge is 2.30. The molecule has 0 unspecified atom stereocenters. The molecule has 3 aromatic rings. The molecule has 0 saturated carbocycles. The topological polar surface area (TPSA) is 93.1 Å². The molecule has 0 fully saturated rings. The van der Waals surface area contributed by atoms with Crippen molar-refractivity contribution < 1.29 is 22.8 Å². The molecule has 0 spiro atoms. The molecule has 3 rings (SSSR count). The highest BCUT2D eigenvalue weighted by Crippen LogP contribution is 2.30. The van der Waals surface area contributed by atoms with Gasteiger partial charge in [0.2, 0.25) is 5.43 Å². The van der Waals surface area contributed by atoms with Crippen molar-refractivity contribution in [1.82, 2.24) is 15.1 Å². The van der Waals surface area contributed by atoms with Crippen LogP contribution in [-0.2, 0) is 6.18 Å². The van der Waals surface area contributed by atoms with Crippen LogP contribution in [0.4, 0.5) is 18.9 Å². The molecule has 32 heavy (non-hydrogen) atoms. The van der Waals surface area contributed by atoms with Gasteiger partial charge in [-0.15, -0.1) is 0 Å². The Labute approximate surface area is 180 Å². The van der Waals surface area contributed by atoms with E-state index < -0.39 is 28.8 Å². The number of halogens is 3. The number of anilines is 1. The molecule has 0 bridgehead atoms. The van der Waals surface area contributed by atoms with E-state index in [1.807, 2.05) is 0 Å². The number of rotatable bonds is 5. The molecular formula is C22H19F3N4O3. The van der Waals surface area contributed by atoms with Gasteiger partial charge in [-0.05, 0) is 56.3 Å². The molecule has 0 aliphatic carbocycles. The Hall–Kier alpha value is -3.95. The van der Waals surface area contributed by atoms with Crippen molar-refractivity contribution in [3.8, 4) is 5.69 Å². The molecular weight excluding hydrogens is 425 g/mol. The molecule has 2 amide bonds. The average Bonchev–Trinajstić information content (AvgIpc) is 2.74. The lowest BCUT2D eigenvalue weighted by molar-refractivity contribution is -0.137. The summed E-state index contributed by atoms with van der Waals surface area (Å²) in [5.41, 5.74) is -1.02. The van der Waals surface area contributed by atoms with Crippen molar-refractivity contribution in [3.63, 3.8) is 0 Å². The summed E-state index contributed by atoms with van der Waals surface area (Å²) in [4.78, 5) is 36.8. The highest BCUT2D eigenvalue weighted by atomic mass is 19.4. The summed E-state index contributed by atoms with van der Waals surface area (Å²) in [6.45, 7) is 3.75.